The monoisotopic (exact) mass is 539 g/mol. The van der Waals surface area contributed by atoms with E-state index >= 15 is 0 Å². The number of carbonyl (C=O) groups is 1. The van der Waals surface area contributed by atoms with E-state index in [2.05, 4.69) is 20.1 Å². The molecular weight excluding hydrogens is 497 g/mol. The lowest BCUT2D eigenvalue weighted by Gasteiger charge is -2.35. The maximum Gasteiger partial charge on any atom is 0.410 e. The molecule has 1 N–H and O–H groups in total. The fourth-order valence-corrected chi connectivity index (χ4v) is 3.21. The Bertz CT molecular complexity index is 529. The van der Waals surface area contributed by atoms with Gasteiger partial charge in [0.25, 0.3) is 0 Å². The van der Waals surface area contributed by atoms with Gasteiger partial charge in [0, 0.05) is 60.0 Å². The summed E-state index contributed by atoms with van der Waals surface area (Å²) in [5.74, 6) is 1.72. The number of hydrogen-bond donors (Lipinski definition) is 1. The fourth-order valence-electron chi connectivity index (χ4n) is 3.21. The quantitative estimate of drug-likeness (QED) is 0.210. The number of nitrogens with one attached hydrogen (secondary N) is 1. The molecule has 1 saturated heterocycles. The zero-order valence-corrected chi connectivity index (χ0v) is 21.8. The number of piperazine rings is 1. The van der Waals surface area contributed by atoms with Crippen LogP contribution in [-0.4, -0.2) is 105 Å². The second-order valence-corrected chi connectivity index (χ2v) is 9.08. The van der Waals surface area contributed by atoms with Gasteiger partial charge in [-0.25, -0.2) is 4.79 Å². The van der Waals surface area contributed by atoms with Gasteiger partial charge in [0.05, 0.1) is 6.61 Å². The zero-order valence-electron chi connectivity index (χ0n) is 19.5. The molecule has 0 aromatic rings. The van der Waals surface area contributed by atoms with Gasteiger partial charge in [-0.3, -0.25) is 9.89 Å². The van der Waals surface area contributed by atoms with Gasteiger partial charge in [0.2, 0.25) is 0 Å². The molecule has 0 unspecified atom stereocenters. The Kier molecular flexibility index (Phi) is 12.3. The standard InChI is InChI=1S/C21H41N5O3.HI/c1-21(2,3)29-20(27)26-13-11-25(12-14-26)10-6-9-23-19(22-4)24(5)15-16-28-17-18-7-8-18;/h18H,6-17H2,1-5H3,(H,22,23);1H. The van der Waals surface area contributed by atoms with Gasteiger partial charge in [-0.1, -0.05) is 0 Å². The Morgan fingerprint density at radius 3 is 2.43 bits per heavy atom. The van der Waals surface area contributed by atoms with E-state index in [4.69, 9.17) is 9.47 Å². The smallest absolute Gasteiger partial charge is 0.410 e. The third-order valence-electron chi connectivity index (χ3n) is 5.15. The number of guanidine groups is 1. The second-order valence-electron chi connectivity index (χ2n) is 9.08. The van der Waals surface area contributed by atoms with Crippen LogP contribution in [0.1, 0.15) is 40.0 Å². The molecule has 0 radical (unpaired) electrons. The van der Waals surface area contributed by atoms with Crippen LogP contribution < -0.4 is 5.32 Å². The molecule has 30 heavy (non-hydrogen) atoms. The van der Waals surface area contributed by atoms with Crippen LogP contribution in [0.25, 0.3) is 0 Å². The normalized spacial score (nSPS) is 18.0. The molecule has 2 aliphatic rings. The van der Waals surface area contributed by atoms with Crippen LogP contribution >= 0.6 is 24.0 Å². The minimum Gasteiger partial charge on any atom is -0.444 e. The molecule has 0 atom stereocenters. The molecule has 1 saturated carbocycles. The summed E-state index contributed by atoms with van der Waals surface area (Å²) in [4.78, 5) is 22.8. The number of ether oxygens (including phenoxy) is 2. The molecule has 0 spiro atoms. The Balaban J connectivity index is 0.00000450. The molecule has 8 nitrogen and oxygen atoms in total. The van der Waals surface area contributed by atoms with Gasteiger partial charge in [-0.2, -0.15) is 0 Å². The van der Waals surface area contributed by atoms with Gasteiger partial charge >= 0.3 is 6.09 Å². The van der Waals surface area contributed by atoms with Crippen LogP contribution in [0.5, 0.6) is 0 Å². The lowest BCUT2D eigenvalue weighted by atomic mass is 10.2. The first-order valence-electron chi connectivity index (χ1n) is 11.0. The molecule has 176 valence electrons. The number of nitrogens with zero attached hydrogens (tertiary/aromatic N) is 4. The molecule has 9 heteroatoms. The van der Waals surface area contributed by atoms with Crippen LogP contribution in [0.15, 0.2) is 4.99 Å². The second kappa shape index (κ2) is 13.6. The highest BCUT2D eigenvalue weighted by atomic mass is 127. The Labute approximate surface area is 199 Å². The predicted molar refractivity (Wildman–Crippen MR) is 132 cm³/mol. The molecule has 1 aliphatic heterocycles. The third-order valence-corrected chi connectivity index (χ3v) is 5.15. The number of likely N-dealkylation sites (N-methyl/N-ethyl adjacent to an activating group) is 1. The van der Waals surface area contributed by atoms with Crippen molar-refractivity contribution in [2.45, 2.75) is 45.6 Å². The van der Waals surface area contributed by atoms with Crippen molar-refractivity contribution in [1.82, 2.24) is 20.0 Å². The van der Waals surface area contributed by atoms with E-state index in [1.54, 1.807) is 0 Å². The van der Waals surface area contributed by atoms with Gasteiger partial charge in [-0.15, -0.1) is 24.0 Å². The maximum absolute atomic E-state index is 12.1. The van der Waals surface area contributed by atoms with Crippen molar-refractivity contribution in [3.63, 3.8) is 0 Å². The topological polar surface area (TPSA) is 69.6 Å². The number of aliphatic imine (C=N–C) groups is 1. The van der Waals surface area contributed by atoms with Gasteiger partial charge in [-0.05, 0) is 52.5 Å². The number of amides is 1. The van der Waals surface area contributed by atoms with Crippen molar-refractivity contribution in [2.24, 2.45) is 10.9 Å². The highest BCUT2D eigenvalue weighted by Gasteiger charge is 2.25. The molecule has 0 bridgehead atoms. The van der Waals surface area contributed by atoms with Crippen LogP contribution in [0.2, 0.25) is 0 Å². The highest BCUT2D eigenvalue weighted by molar-refractivity contribution is 14.0. The van der Waals surface area contributed by atoms with E-state index < -0.39 is 5.60 Å². The van der Waals surface area contributed by atoms with Crippen molar-refractivity contribution in [1.29, 1.82) is 0 Å². The average Bonchev–Trinajstić information content (AvgIpc) is 3.48. The summed E-state index contributed by atoms with van der Waals surface area (Å²) < 4.78 is 11.2. The molecular formula is C21H42IN5O3. The largest absolute Gasteiger partial charge is 0.444 e. The SMILES string of the molecule is CN=C(NCCCN1CCN(C(=O)OC(C)(C)C)CC1)N(C)CCOCC1CC1.I. The minimum absolute atomic E-state index is 0. The summed E-state index contributed by atoms with van der Waals surface area (Å²) in [5.41, 5.74) is -0.436. The van der Waals surface area contributed by atoms with Crippen molar-refractivity contribution < 1.29 is 14.3 Å². The van der Waals surface area contributed by atoms with E-state index in [1.165, 1.54) is 12.8 Å². The average molecular weight is 540 g/mol. The molecule has 1 heterocycles. The summed E-state index contributed by atoms with van der Waals surface area (Å²) in [6.07, 6.45) is 3.49. The van der Waals surface area contributed by atoms with Gasteiger partial charge < -0.3 is 24.6 Å². The van der Waals surface area contributed by atoms with Crippen molar-refractivity contribution in [2.75, 3.05) is 73.1 Å². The fraction of sp³-hybridized carbons (Fsp3) is 0.905. The van der Waals surface area contributed by atoms with E-state index in [9.17, 15) is 4.79 Å². The van der Waals surface area contributed by atoms with E-state index in [1.807, 2.05) is 39.8 Å². The van der Waals surface area contributed by atoms with Crippen LogP contribution in [0.4, 0.5) is 4.79 Å². The molecule has 1 amide bonds. The molecule has 0 aromatic heterocycles. The summed E-state index contributed by atoms with van der Waals surface area (Å²) in [7, 11) is 3.87. The number of rotatable bonds is 9. The van der Waals surface area contributed by atoms with E-state index in [0.29, 0.717) is 0 Å². The zero-order chi connectivity index (χ0) is 21.3. The maximum atomic E-state index is 12.1. The van der Waals surface area contributed by atoms with Gasteiger partial charge in [0.15, 0.2) is 5.96 Å². The molecule has 2 rings (SSSR count). The summed E-state index contributed by atoms with van der Waals surface area (Å²) >= 11 is 0. The summed E-state index contributed by atoms with van der Waals surface area (Å²) in [6, 6.07) is 0. The van der Waals surface area contributed by atoms with E-state index in [-0.39, 0.29) is 30.1 Å². The van der Waals surface area contributed by atoms with Crippen LogP contribution in [0, 0.1) is 5.92 Å². The molecule has 1 aliphatic carbocycles. The predicted octanol–water partition coefficient (Wildman–Crippen LogP) is 2.48. The number of halogens is 1. The van der Waals surface area contributed by atoms with Gasteiger partial charge in [0.1, 0.15) is 5.60 Å². The number of hydrogen-bond acceptors (Lipinski definition) is 5. The number of carbonyl (C=O) groups excluding carboxylic acids is 1. The molecule has 0 aromatic carbocycles. The first-order chi connectivity index (χ1) is 13.8. The summed E-state index contributed by atoms with van der Waals surface area (Å²) in [6.45, 7) is 13.4. The lowest BCUT2D eigenvalue weighted by molar-refractivity contribution is 0.0145. The first-order valence-corrected chi connectivity index (χ1v) is 11.0. The Morgan fingerprint density at radius 1 is 1.20 bits per heavy atom. The summed E-state index contributed by atoms with van der Waals surface area (Å²) in [5, 5.41) is 3.43. The Morgan fingerprint density at radius 2 is 1.87 bits per heavy atom. The van der Waals surface area contributed by atoms with Crippen LogP contribution in [-0.2, 0) is 9.47 Å². The van der Waals surface area contributed by atoms with Crippen molar-refractivity contribution >= 4 is 36.0 Å². The van der Waals surface area contributed by atoms with Crippen LogP contribution in [0.3, 0.4) is 0 Å². The Hall–Kier alpha value is -0.810. The first kappa shape index (κ1) is 27.2. The van der Waals surface area contributed by atoms with Crippen molar-refractivity contribution in [3.05, 3.63) is 0 Å². The molecule has 2 fully saturated rings. The third kappa shape index (κ3) is 11.0. The lowest BCUT2D eigenvalue weighted by Crippen LogP contribution is -2.50. The van der Waals surface area contributed by atoms with E-state index in [0.717, 1.165) is 77.3 Å². The minimum atomic E-state index is -0.436. The highest BCUT2D eigenvalue weighted by Crippen LogP contribution is 2.28. The van der Waals surface area contributed by atoms with Crippen molar-refractivity contribution in [3.8, 4) is 0 Å².